The Labute approximate surface area is 215 Å². The van der Waals surface area contributed by atoms with Crippen molar-refractivity contribution >= 4 is 56.6 Å². The zero-order valence-electron chi connectivity index (χ0n) is 19.8. The Kier molecular flexibility index (Phi) is 10.0. The summed E-state index contributed by atoms with van der Waals surface area (Å²) in [6, 6.07) is 12.5. The SMILES string of the molecule is CC1CCN(Cc2ccc(Cl)c(S/N=C/N(C)C)c2)CC1.Cc1cc2ccncc2cc1Br. The summed E-state index contributed by atoms with van der Waals surface area (Å²) in [7, 11) is 3.92. The number of fused-ring (bicyclic) bond motifs is 1. The minimum atomic E-state index is 0.770. The van der Waals surface area contributed by atoms with E-state index in [4.69, 9.17) is 11.6 Å². The van der Waals surface area contributed by atoms with Crippen LogP contribution >= 0.6 is 39.5 Å². The molecule has 7 heteroatoms. The van der Waals surface area contributed by atoms with Gasteiger partial charge in [-0.2, -0.15) is 0 Å². The number of benzene rings is 2. The van der Waals surface area contributed by atoms with Crippen LogP contribution in [0.4, 0.5) is 0 Å². The molecule has 176 valence electrons. The topological polar surface area (TPSA) is 31.7 Å². The van der Waals surface area contributed by atoms with Gasteiger partial charge in [0.25, 0.3) is 0 Å². The molecule has 0 amide bonds. The van der Waals surface area contributed by atoms with Gasteiger partial charge in [-0.3, -0.25) is 9.88 Å². The van der Waals surface area contributed by atoms with Crippen molar-refractivity contribution in [3.8, 4) is 0 Å². The van der Waals surface area contributed by atoms with Crippen molar-refractivity contribution in [2.45, 2.75) is 38.1 Å². The van der Waals surface area contributed by atoms with Gasteiger partial charge in [0.05, 0.1) is 11.4 Å². The van der Waals surface area contributed by atoms with E-state index in [0.29, 0.717) is 0 Å². The average Bonchev–Trinajstić information content (AvgIpc) is 2.78. The fourth-order valence-corrected chi connectivity index (χ4v) is 4.88. The minimum absolute atomic E-state index is 0.770. The zero-order chi connectivity index (χ0) is 23.8. The van der Waals surface area contributed by atoms with Crippen LogP contribution in [0.15, 0.2) is 62.6 Å². The minimum Gasteiger partial charge on any atom is -0.368 e. The second kappa shape index (κ2) is 12.7. The second-order valence-corrected chi connectivity index (χ2v) is 10.9. The lowest BCUT2D eigenvalue weighted by Gasteiger charge is -2.30. The molecule has 3 aromatic rings. The molecule has 1 aliphatic heterocycles. The number of pyridine rings is 1. The van der Waals surface area contributed by atoms with Crippen molar-refractivity contribution in [3.05, 3.63) is 69.4 Å². The molecule has 2 heterocycles. The number of nitrogens with zero attached hydrogens (tertiary/aromatic N) is 4. The number of rotatable bonds is 5. The van der Waals surface area contributed by atoms with Gasteiger partial charge < -0.3 is 4.90 Å². The van der Waals surface area contributed by atoms with Crippen LogP contribution in [-0.4, -0.2) is 48.3 Å². The summed E-state index contributed by atoms with van der Waals surface area (Å²) in [4.78, 5) is 9.53. The van der Waals surface area contributed by atoms with Gasteiger partial charge in [-0.1, -0.05) is 46.6 Å². The number of piperidine rings is 1. The fraction of sp³-hybridized carbons (Fsp3) is 0.385. The van der Waals surface area contributed by atoms with Gasteiger partial charge in [0.2, 0.25) is 0 Å². The number of halogens is 2. The number of likely N-dealkylation sites (tertiary alicyclic amines) is 1. The quantitative estimate of drug-likeness (QED) is 0.188. The Morgan fingerprint density at radius 3 is 2.67 bits per heavy atom. The third-order valence-electron chi connectivity index (χ3n) is 5.63. The van der Waals surface area contributed by atoms with Crippen LogP contribution in [0.3, 0.4) is 0 Å². The van der Waals surface area contributed by atoms with E-state index in [1.54, 1.807) is 6.34 Å². The highest BCUT2D eigenvalue weighted by Gasteiger charge is 2.16. The van der Waals surface area contributed by atoms with Crippen LogP contribution in [0, 0.1) is 12.8 Å². The summed E-state index contributed by atoms with van der Waals surface area (Å²) >= 11 is 11.2. The maximum atomic E-state index is 6.25. The maximum Gasteiger partial charge on any atom is 0.0988 e. The molecule has 33 heavy (non-hydrogen) atoms. The normalized spacial score (nSPS) is 15.0. The Morgan fingerprint density at radius 1 is 1.18 bits per heavy atom. The fourth-order valence-electron chi connectivity index (χ4n) is 3.59. The number of aryl methyl sites for hydroxylation is 1. The van der Waals surface area contributed by atoms with Crippen LogP contribution in [0.1, 0.15) is 30.9 Å². The molecule has 1 aliphatic rings. The summed E-state index contributed by atoms with van der Waals surface area (Å²) in [6.45, 7) is 7.84. The van der Waals surface area contributed by atoms with E-state index in [1.807, 2.05) is 43.5 Å². The van der Waals surface area contributed by atoms with Gasteiger partial charge in [0.15, 0.2) is 0 Å². The van der Waals surface area contributed by atoms with Crippen molar-refractivity contribution in [2.75, 3.05) is 27.2 Å². The van der Waals surface area contributed by atoms with E-state index in [9.17, 15) is 0 Å². The predicted molar refractivity (Wildman–Crippen MR) is 147 cm³/mol. The maximum absolute atomic E-state index is 6.25. The molecular weight excluding hydrogens is 516 g/mol. The smallest absolute Gasteiger partial charge is 0.0988 e. The molecule has 2 aromatic carbocycles. The highest BCUT2D eigenvalue weighted by molar-refractivity contribution is 9.10. The molecule has 0 spiro atoms. The number of hydrogen-bond donors (Lipinski definition) is 0. The van der Waals surface area contributed by atoms with E-state index < -0.39 is 0 Å². The molecule has 1 fully saturated rings. The molecule has 1 saturated heterocycles. The second-order valence-electron chi connectivity index (χ2n) is 8.82. The Hall–Kier alpha value is -1.60. The summed E-state index contributed by atoms with van der Waals surface area (Å²) in [6.07, 6.45) is 8.10. The third kappa shape index (κ3) is 8.29. The molecule has 1 aromatic heterocycles. The first-order valence-electron chi connectivity index (χ1n) is 11.2. The van der Waals surface area contributed by atoms with Crippen molar-refractivity contribution < 1.29 is 0 Å². The van der Waals surface area contributed by atoms with E-state index in [0.717, 1.165) is 26.9 Å². The average molecular weight is 548 g/mol. The van der Waals surface area contributed by atoms with Crippen LogP contribution in [0.5, 0.6) is 0 Å². The summed E-state index contributed by atoms with van der Waals surface area (Å²) in [5.74, 6) is 0.873. The molecule has 0 radical (unpaired) electrons. The van der Waals surface area contributed by atoms with Crippen LogP contribution in [-0.2, 0) is 6.54 Å². The first kappa shape index (κ1) is 26.0. The number of hydrogen-bond acceptors (Lipinski definition) is 4. The standard InChI is InChI=1S/C16H24ClN3S.C10H8BrN/c1-13-6-8-20(9-7-13)11-14-4-5-15(17)16(10-14)21-18-12-19(2)3;1-7-4-8-2-3-12-6-9(8)5-10(7)11/h4-5,10,12-13H,6-9,11H2,1-3H3;2-6H,1H3/b18-12+;. The Balaban J connectivity index is 0.000000215. The molecule has 4 nitrogen and oxygen atoms in total. The number of aromatic nitrogens is 1. The van der Waals surface area contributed by atoms with Gasteiger partial charge in [-0.05, 0) is 79.6 Å². The molecule has 0 aliphatic carbocycles. The van der Waals surface area contributed by atoms with E-state index in [1.165, 1.54) is 59.8 Å². The molecule has 0 unspecified atom stereocenters. The van der Waals surface area contributed by atoms with Crippen molar-refractivity contribution in [1.29, 1.82) is 0 Å². The van der Waals surface area contributed by atoms with Gasteiger partial charge in [0, 0.05) is 59.7 Å². The van der Waals surface area contributed by atoms with Gasteiger partial charge in [-0.15, -0.1) is 0 Å². The Bertz CT molecular complexity index is 1040. The lowest BCUT2D eigenvalue weighted by Crippen LogP contribution is -2.32. The third-order valence-corrected chi connectivity index (χ3v) is 7.66. The molecule has 0 atom stereocenters. The monoisotopic (exact) mass is 546 g/mol. The van der Waals surface area contributed by atoms with E-state index in [-0.39, 0.29) is 0 Å². The summed E-state index contributed by atoms with van der Waals surface area (Å²) < 4.78 is 5.46. The molecule has 0 bridgehead atoms. The van der Waals surface area contributed by atoms with Crippen LogP contribution < -0.4 is 0 Å². The first-order chi connectivity index (χ1) is 15.8. The molecular formula is C26H32BrClN4S. The van der Waals surface area contributed by atoms with Gasteiger partial charge in [-0.25, -0.2) is 4.40 Å². The predicted octanol–water partition coefficient (Wildman–Crippen LogP) is 7.47. The van der Waals surface area contributed by atoms with Crippen molar-refractivity contribution in [3.63, 3.8) is 0 Å². The Morgan fingerprint density at radius 2 is 1.94 bits per heavy atom. The lowest BCUT2D eigenvalue weighted by molar-refractivity contribution is 0.185. The lowest BCUT2D eigenvalue weighted by atomic mass is 9.99. The molecule has 4 rings (SSSR count). The summed E-state index contributed by atoms with van der Waals surface area (Å²) in [5.41, 5.74) is 2.57. The van der Waals surface area contributed by atoms with Gasteiger partial charge >= 0.3 is 0 Å². The van der Waals surface area contributed by atoms with Crippen LogP contribution in [0.2, 0.25) is 5.02 Å². The van der Waals surface area contributed by atoms with E-state index >= 15 is 0 Å². The van der Waals surface area contributed by atoms with E-state index in [2.05, 4.69) is 68.3 Å². The largest absolute Gasteiger partial charge is 0.368 e. The highest BCUT2D eigenvalue weighted by atomic mass is 79.9. The zero-order valence-corrected chi connectivity index (χ0v) is 22.9. The first-order valence-corrected chi connectivity index (χ1v) is 13.1. The van der Waals surface area contributed by atoms with Crippen molar-refractivity contribution in [2.24, 2.45) is 10.3 Å². The van der Waals surface area contributed by atoms with Crippen LogP contribution in [0.25, 0.3) is 10.8 Å². The van der Waals surface area contributed by atoms with Gasteiger partial charge in [0.1, 0.15) is 0 Å². The highest BCUT2D eigenvalue weighted by Crippen LogP contribution is 2.29. The molecule has 0 saturated carbocycles. The molecule has 0 N–H and O–H groups in total. The van der Waals surface area contributed by atoms with Crippen molar-refractivity contribution in [1.82, 2.24) is 14.8 Å². The summed E-state index contributed by atoms with van der Waals surface area (Å²) in [5, 5.41) is 3.19.